The summed E-state index contributed by atoms with van der Waals surface area (Å²) in [5.74, 6) is 1.38. The summed E-state index contributed by atoms with van der Waals surface area (Å²) in [7, 11) is 0. The normalized spacial score (nSPS) is 14.8. The van der Waals surface area contributed by atoms with E-state index < -0.39 is 0 Å². The Morgan fingerprint density at radius 1 is 1.17 bits per heavy atom. The lowest BCUT2D eigenvalue weighted by molar-refractivity contribution is 0.921. The van der Waals surface area contributed by atoms with Crippen LogP contribution in [0.4, 0.5) is 0 Å². The number of aryl methyl sites for hydroxylation is 1. The molecule has 0 bridgehead atoms. The lowest BCUT2D eigenvalue weighted by atomic mass is 10.1. The summed E-state index contributed by atoms with van der Waals surface area (Å²) in [6, 6.07) is 4.02. The van der Waals surface area contributed by atoms with E-state index in [1.165, 1.54) is 12.8 Å². The summed E-state index contributed by atoms with van der Waals surface area (Å²) >= 11 is 6.20. The van der Waals surface area contributed by atoms with E-state index in [0.717, 1.165) is 28.3 Å². The second-order valence-corrected chi connectivity index (χ2v) is 5.17. The van der Waals surface area contributed by atoms with E-state index in [0.29, 0.717) is 11.1 Å². The minimum absolute atomic E-state index is 0.500. The Morgan fingerprint density at radius 2 is 1.94 bits per heavy atom. The molecule has 2 aromatic heterocycles. The summed E-state index contributed by atoms with van der Waals surface area (Å²) < 4.78 is 0. The molecule has 3 nitrogen and oxygen atoms in total. The van der Waals surface area contributed by atoms with E-state index in [4.69, 9.17) is 11.6 Å². The third-order valence-electron chi connectivity index (χ3n) is 3.23. The SMILES string of the molecule is Cc1ccc(-c2nc(C3CC3)nc(Cl)c2C)cn1. The van der Waals surface area contributed by atoms with Gasteiger partial charge in [0, 0.05) is 28.9 Å². The minimum Gasteiger partial charge on any atom is -0.261 e. The molecule has 0 saturated heterocycles. The van der Waals surface area contributed by atoms with Gasteiger partial charge in [0.05, 0.1) is 5.69 Å². The summed E-state index contributed by atoms with van der Waals surface area (Å²) in [6.07, 6.45) is 4.19. The van der Waals surface area contributed by atoms with Crippen molar-refractivity contribution in [2.45, 2.75) is 32.6 Å². The van der Waals surface area contributed by atoms with Gasteiger partial charge in [0.2, 0.25) is 0 Å². The zero-order valence-corrected chi connectivity index (χ0v) is 11.2. The first-order valence-corrected chi connectivity index (χ1v) is 6.50. The van der Waals surface area contributed by atoms with Crippen molar-refractivity contribution < 1.29 is 0 Å². The Kier molecular flexibility index (Phi) is 2.78. The van der Waals surface area contributed by atoms with Crippen LogP contribution < -0.4 is 0 Å². The molecule has 1 aliphatic rings. The van der Waals surface area contributed by atoms with E-state index in [1.54, 1.807) is 0 Å². The van der Waals surface area contributed by atoms with Gasteiger partial charge < -0.3 is 0 Å². The number of pyridine rings is 1. The Labute approximate surface area is 111 Å². The molecule has 0 spiro atoms. The molecule has 3 rings (SSSR count). The summed E-state index contributed by atoms with van der Waals surface area (Å²) in [5.41, 5.74) is 3.83. The minimum atomic E-state index is 0.500. The van der Waals surface area contributed by atoms with E-state index in [2.05, 4.69) is 15.0 Å². The van der Waals surface area contributed by atoms with Crippen molar-refractivity contribution in [3.63, 3.8) is 0 Å². The van der Waals surface area contributed by atoms with Crippen LogP contribution >= 0.6 is 11.6 Å². The van der Waals surface area contributed by atoms with Crippen molar-refractivity contribution >= 4 is 11.6 Å². The molecule has 0 N–H and O–H groups in total. The second kappa shape index (κ2) is 4.32. The van der Waals surface area contributed by atoms with Gasteiger partial charge in [-0.05, 0) is 38.8 Å². The van der Waals surface area contributed by atoms with E-state index >= 15 is 0 Å². The molecule has 0 atom stereocenters. The van der Waals surface area contributed by atoms with Crippen LogP contribution in [0.2, 0.25) is 5.15 Å². The highest BCUT2D eigenvalue weighted by Crippen LogP contribution is 2.39. The van der Waals surface area contributed by atoms with Crippen LogP contribution in [0.1, 0.15) is 35.8 Å². The zero-order chi connectivity index (χ0) is 12.7. The first kappa shape index (κ1) is 11.6. The van der Waals surface area contributed by atoms with Crippen LogP contribution in [-0.4, -0.2) is 15.0 Å². The lowest BCUT2D eigenvalue weighted by Gasteiger charge is -2.09. The Bertz CT molecular complexity index is 589. The summed E-state index contributed by atoms with van der Waals surface area (Å²) in [5, 5.41) is 0.558. The number of halogens is 1. The fourth-order valence-corrected chi connectivity index (χ4v) is 2.09. The molecule has 1 saturated carbocycles. The lowest BCUT2D eigenvalue weighted by Crippen LogP contribution is -1.99. The van der Waals surface area contributed by atoms with Crippen LogP contribution in [0.15, 0.2) is 18.3 Å². The maximum absolute atomic E-state index is 6.20. The van der Waals surface area contributed by atoms with Crippen molar-refractivity contribution in [1.29, 1.82) is 0 Å². The second-order valence-electron chi connectivity index (χ2n) is 4.81. The summed E-state index contributed by atoms with van der Waals surface area (Å²) in [6.45, 7) is 3.92. The Hall–Kier alpha value is -1.48. The van der Waals surface area contributed by atoms with Gasteiger partial charge in [0.25, 0.3) is 0 Å². The van der Waals surface area contributed by atoms with Gasteiger partial charge in [-0.15, -0.1) is 0 Å². The molecule has 18 heavy (non-hydrogen) atoms. The van der Waals surface area contributed by atoms with Gasteiger partial charge in [-0.25, -0.2) is 9.97 Å². The number of nitrogens with zero attached hydrogens (tertiary/aromatic N) is 3. The molecule has 2 heterocycles. The van der Waals surface area contributed by atoms with Gasteiger partial charge >= 0.3 is 0 Å². The van der Waals surface area contributed by atoms with Crippen LogP contribution in [0.25, 0.3) is 11.3 Å². The summed E-state index contributed by atoms with van der Waals surface area (Å²) in [4.78, 5) is 13.3. The van der Waals surface area contributed by atoms with E-state index in [-0.39, 0.29) is 0 Å². The van der Waals surface area contributed by atoms with Crippen LogP contribution in [0.3, 0.4) is 0 Å². The molecule has 0 aliphatic heterocycles. The average molecular weight is 260 g/mol. The quantitative estimate of drug-likeness (QED) is 0.772. The molecule has 0 radical (unpaired) electrons. The van der Waals surface area contributed by atoms with Crippen LogP contribution in [0, 0.1) is 13.8 Å². The molecule has 1 aliphatic carbocycles. The monoisotopic (exact) mass is 259 g/mol. The predicted octanol–water partition coefficient (Wildman–Crippen LogP) is 3.69. The molecule has 0 aromatic carbocycles. The molecule has 0 unspecified atom stereocenters. The third-order valence-corrected chi connectivity index (χ3v) is 3.60. The predicted molar refractivity (Wildman–Crippen MR) is 71.7 cm³/mol. The van der Waals surface area contributed by atoms with Gasteiger partial charge in [-0.1, -0.05) is 11.6 Å². The van der Waals surface area contributed by atoms with Gasteiger partial charge in [0.1, 0.15) is 11.0 Å². The zero-order valence-electron chi connectivity index (χ0n) is 10.4. The first-order valence-electron chi connectivity index (χ1n) is 6.12. The van der Waals surface area contributed by atoms with Gasteiger partial charge in [-0.3, -0.25) is 4.98 Å². The number of hydrogen-bond donors (Lipinski definition) is 0. The van der Waals surface area contributed by atoms with Crippen molar-refractivity contribution in [3.8, 4) is 11.3 Å². The van der Waals surface area contributed by atoms with Gasteiger partial charge in [-0.2, -0.15) is 0 Å². The Morgan fingerprint density at radius 3 is 2.56 bits per heavy atom. The molecule has 1 fully saturated rings. The molecular weight excluding hydrogens is 246 g/mol. The van der Waals surface area contributed by atoms with Crippen molar-refractivity contribution in [2.24, 2.45) is 0 Å². The Balaban J connectivity index is 2.12. The topological polar surface area (TPSA) is 38.7 Å². The number of rotatable bonds is 2. The first-order chi connectivity index (χ1) is 8.65. The highest BCUT2D eigenvalue weighted by molar-refractivity contribution is 6.30. The maximum Gasteiger partial charge on any atom is 0.136 e. The number of aromatic nitrogens is 3. The van der Waals surface area contributed by atoms with Crippen molar-refractivity contribution in [1.82, 2.24) is 15.0 Å². The van der Waals surface area contributed by atoms with Crippen molar-refractivity contribution in [3.05, 3.63) is 40.6 Å². The van der Waals surface area contributed by atoms with E-state index in [9.17, 15) is 0 Å². The smallest absolute Gasteiger partial charge is 0.136 e. The van der Waals surface area contributed by atoms with Gasteiger partial charge in [0.15, 0.2) is 0 Å². The van der Waals surface area contributed by atoms with Crippen molar-refractivity contribution in [2.75, 3.05) is 0 Å². The average Bonchev–Trinajstić information content (AvgIpc) is 3.18. The third kappa shape index (κ3) is 2.10. The molecule has 2 aromatic rings. The fraction of sp³-hybridized carbons (Fsp3) is 0.357. The highest BCUT2D eigenvalue weighted by Gasteiger charge is 2.28. The van der Waals surface area contributed by atoms with Crippen LogP contribution in [0.5, 0.6) is 0 Å². The van der Waals surface area contributed by atoms with Crippen LogP contribution in [-0.2, 0) is 0 Å². The maximum atomic E-state index is 6.20. The highest BCUT2D eigenvalue weighted by atomic mass is 35.5. The van der Waals surface area contributed by atoms with E-state index in [1.807, 2.05) is 32.2 Å². The standard InChI is InChI=1S/C14H14ClN3/c1-8-3-4-11(7-16-8)12-9(2)13(15)18-14(17-12)10-5-6-10/h3-4,7,10H,5-6H2,1-2H3. The number of hydrogen-bond acceptors (Lipinski definition) is 3. The fourth-order valence-electron chi connectivity index (χ4n) is 1.92. The molecule has 4 heteroatoms. The molecular formula is C14H14ClN3. The molecule has 0 amide bonds. The largest absolute Gasteiger partial charge is 0.261 e. The molecule has 92 valence electrons.